The van der Waals surface area contributed by atoms with Crippen molar-refractivity contribution in [3.63, 3.8) is 0 Å². The highest BCUT2D eigenvalue weighted by Crippen LogP contribution is 2.46. The third-order valence-corrected chi connectivity index (χ3v) is 8.18. The van der Waals surface area contributed by atoms with Gasteiger partial charge in [0.05, 0.1) is 60.9 Å². The fraction of sp³-hybridized carbons (Fsp3) is 0.429. The van der Waals surface area contributed by atoms with Gasteiger partial charge in [-0.05, 0) is 31.9 Å². The van der Waals surface area contributed by atoms with E-state index in [1.807, 2.05) is 13.0 Å². The van der Waals surface area contributed by atoms with Crippen LogP contribution >= 0.6 is 23.2 Å². The van der Waals surface area contributed by atoms with Gasteiger partial charge in [-0.15, -0.1) is 0 Å². The standard InChI is InChI=1S/C28H32Cl2N6O5/c1-5-21(37)32-17-13-41-14-18(17)34-27-31-12-15-10-16(22-23(29)19(39-3)11-20(40-4)24(22)30)33-26(25(15)35-27)36-8-6-28(2,38)7-9-36/h5,10-12,17-18,38H,1,6-9,13-14H2,2-4H3,(H,32,37)(H,31,34,35)/t17-,18+/m0/s1. The average Bonchev–Trinajstić information content (AvgIpc) is 3.39. The predicted molar refractivity (Wildman–Crippen MR) is 158 cm³/mol. The number of benzene rings is 1. The van der Waals surface area contributed by atoms with Crippen LogP contribution in [-0.4, -0.2) is 84.2 Å². The second-order valence-corrected chi connectivity index (χ2v) is 11.1. The Balaban J connectivity index is 1.59. The maximum Gasteiger partial charge on any atom is 0.243 e. The molecule has 0 aliphatic carbocycles. The van der Waals surface area contributed by atoms with Gasteiger partial charge < -0.3 is 34.9 Å². The molecule has 3 aromatic rings. The molecule has 0 spiro atoms. The van der Waals surface area contributed by atoms with Crippen molar-refractivity contribution in [2.75, 3.05) is 50.7 Å². The van der Waals surface area contributed by atoms with E-state index < -0.39 is 5.60 Å². The van der Waals surface area contributed by atoms with Crippen LogP contribution in [0.25, 0.3) is 22.2 Å². The first-order valence-corrected chi connectivity index (χ1v) is 13.9. The van der Waals surface area contributed by atoms with Crippen LogP contribution in [0.1, 0.15) is 19.8 Å². The number of halogens is 2. The molecule has 1 amide bonds. The molecule has 2 aliphatic heterocycles. The van der Waals surface area contributed by atoms with Crippen LogP contribution in [0.15, 0.2) is 31.0 Å². The predicted octanol–water partition coefficient (Wildman–Crippen LogP) is 3.85. The van der Waals surface area contributed by atoms with Crippen molar-refractivity contribution in [3.8, 4) is 22.8 Å². The number of amides is 1. The third kappa shape index (κ3) is 5.99. The van der Waals surface area contributed by atoms with Crippen molar-refractivity contribution in [3.05, 3.63) is 41.0 Å². The Morgan fingerprint density at radius 1 is 1.15 bits per heavy atom. The van der Waals surface area contributed by atoms with Gasteiger partial charge in [-0.2, -0.15) is 0 Å². The van der Waals surface area contributed by atoms with Crippen molar-refractivity contribution < 1.29 is 24.1 Å². The zero-order valence-corrected chi connectivity index (χ0v) is 24.6. The average molecular weight is 604 g/mol. The topological polar surface area (TPSA) is 131 Å². The Hall–Kier alpha value is -3.38. The SMILES string of the molecule is C=CC(=O)N[C@H]1COC[C@H]1Nc1ncc2cc(-c3c(Cl)c(OC)cc(OC)c3Cl)nc(N3CCC(C)(O)CC3)c2n1. The van der Waals surface area contributed by atoms with Crippen molar-refractivity contribution in [1.82, 2.24) is 20.3 Å². The highest BCUT2D eigenvalue weighted by Gasteiger charge is 2.32. The van der Waals surface area contributed by atoms with Gasteiger partial charge in [-0.1, -0.05) is 29.8 Å². The highest BCUT2D eigenvalue weighted by atomic mass is 35.5. The Morgan fingerprint density at radius 3 is 2.44 bits per heavy atom. The number of aliphatic hydroxyl groups is 1. The maximum absolute atomic E-state index is 11.9. The second kappa shape index (κ2) is 11.8. The smallest absolute Gasteiger partial charge is 0.243 e. The number of ether oxygens (including phenoxy) is 3. The Bertz CT molecular complexity index is 1450. The van der Waals surface area contributed by atoms with E-state index in [1.54, 1.807) is 12.3 Å². The van der Waals surface area contributed by atoms with Crippen molar-refractivity contribution in [2.24, 2.45) is 0 Å². The summed E-state index contributed by atoms with van der Waals surface area (Å²) in [7, 11) is 3.03. The summed E-state index contributed by atoms with van der Waals surface area (Å²) >= 11 is 13.5. The summed E-state index contributed by atoms with van der Waals surface area (Å²) in [6, 6.07) is 2.94. The minimum Gasteiger partial charge on any atom is -0.495 e. The van der Waals surface area contributed by atoms with Crippen molar-refractivity contribution in [1.29, 1.82) is 0 Å². The largest absolute Gasteiger partial charge is 0.495 e. The lowest BCUT2D eigenvalue weighted by Gasteiger charge is -2.36. The second-order valence-electron chi connectivity index (χ2n) is 10.3. The summed E-state index contributed by atoms with van der Waals surface area (Å²) in [6.45, 7) is 7.23. The number of aromatic nitrogens is 3. The van der Waals surface area contributed by atoms with Gasteiger partial charge in [0.1, 0.15) is 17.0 Å². The van der Waals surface area contributed by atoms with Gasteiger partial charge in [0.15, 0.2) is 5.82 Å². The van der Waals surface area contributed by atoms with E-state index in [0.29, 0.717) is 94.6 Å². The number of fused-ring (bicyclic) bond motifs is 1. The van der Waals surface area contributed by atoms with Crippen LogP contribution in [0.3, 0.4) is 0 Å². The first-order chi connectivity index (χ1) is 19.6. The Labute approximate surface area is 247 Å². The summed E-state index contributed by atoms with van der Waals surface area (Å²) in [5, 5.41) is 18.1. The van der Waals surface area contributed by atoms with Gasteiger partial charge in [0, 0.05) is 36.3 Å². The number of nitrogens with zero attached hydrogens (tertiary/aromatic N) is 4. The van der Waals surface area contributed by atoms with Crippen LogP contribution in [-0.2, 0) is 9.53 Å². The summed E-state index contributed by atoms with van der Waals surface area (Å²) in [6.07, 6.45) is 4.06. The van der Waals surface area contributed by atoms with Crippen LogP contribution in [0.4, 0.5) is 11.8 Å². The molecule has 4 heterocycles. The lowest BCUT2D eigenvalue weighted by Crippen LogP contribution is -2.45. The van der Waals surface area contributed by atoms with Gasteiger partial charge in [-0.25, -0.2) is 15.0 Å². The molecule has 0 bridgehead atoms. The summed E-state index contributed by atoms with van der Waals surface area (Å²) in [5.41, 5.74) is 0.812. The van der Waals surface area contributed by atoms with Crippen LogP contribution < -0.4 is 25.0 Å². The van der Waals surface area contributed by atoms with Crippen molar-refractivity contribution in [2.45, 2.75) is 37.5 Å². The number of pyridine rings is 1. The molecule has 0 radical (unpaired) electrons. The molecule has 3 N–H and O–H groups in total. The molecule has 5 rings (SSSR count). The molecular weight excluding hydrogens is 571 g/mol. The van der Waals surface area contributed by atoms with Crippen LogP contribution in [0.2, 0.25) is 10.0 Å². The number of carbonyl (C=O) groups is 1. The number of nitrogens with one attached hydrogen (secondary N) is 2. The number of hydrogen-bond donors (Lipinski definition) is 3. The first kappa shape index (κ1) is 29.1. The van der Waals surface area contributed by atoms with E-state index in [-0.39, 0.29) is 18.0 Å². The Kier molecular flexibility index (Phi) is 8.42. The molecule has 0 unspecified atom stereocenters. The molecule has 2 atom stereocenters. The normalized spacial score (nSPS) is 20.1. The van der Waals surface area contributed by atoms with Crippen LogP contribution in [0.5, 0.6) is 11.5 Å². The molecule has 2 aromatic heterocycles. The highest BCUT2D eigenvalue weighted by molar-refractivity contribution is 6.41. The van der Waals surface area contributed by atoms with E-state index in [0.717, 1.165) is 0 Å². The van der Waals surface area contributed by atoms with Crippen LogP contribution in [0, 0.1) is 0 Å². The van der Waals surface area contributed by atoms with Gasteiger partial charge in [0.2, 0.25) is 11.9 Å². The van der Waals surface area contributed by atoms with Gasteiger partial charge >= 0.3 is 0 Å². The molecule has 0 saturated carbocycles. The fourth-order valence-electron chi connectivity index (χ4n) is 5.00. The van der Waals surface area contributed by atoms with E-state index in [9.17, 15) is 9.90 Å². The third-order valence-electron chi connectivity index (χ3n) is 7.43. The fourth-order valence-corrected chi connectivity index (χ4v) is 5.69. The number of piperidine rings is 1. The molecule has 2 fully saturated rings. The maximum atomic E-state index is 11.9. The molecule has 218 valence electrons. The number of carbonyl (C=O) groups excluding carboxylic acids is 1. The molecule has 11 nitrogen and oxygen atoms in total. The van der Waals surface area contributed by atoms with E-state index in [4.69, 9.17) is 47.4 Å². The summed E-state index contributed by atoms with van der Waals surface area (Å²) in [5.74, 6) is 1.48. The molecular formula is C28H32Cl2N6O5. The molecule has 2 saturated heterocycles. The molecule has 13 heteroatoms. The van der Waals surface area contributed by atoms with Gasteiger partial charge in [0.25, 0.3) is 0 Å². The summed E-state index contributed by atoms with van der Waals surface area (Å²) in [4.78, 5) is 28.4. The quantitative estimate of drug-likeness (QED) is 0.327. The van der Waals surface area contributed by atoms with E-state index in [2.05, 4.69) is 27.1 Å². The summed E-state index contributed by atoms with van der Waals surface area (Å²) < 4.78 is 16.5. The lowest BCUT2D eigenvalue weighted by molar-refractivity contribution is -0.117. The zero-order chi connectivity index (χ0) is 29.3. The van der Waals surface area contributed by atoms with E-state index in [1.165, 1.54) is 20.3 Å². The van der Waals surface area contributed by atoms with Gasteiger partial charge in [-0.3, -0.25) is 4.79 Å². The minimum absolute atomic E-state index is 0.237. The molecule has 41 heavy (non-hydrogen) atoms. The lowest BCUT2D eigenvalue weighted by atomic mass is 9.94. The van der Waals surface area contributed by atoms with E-state index >= 15 is 0 Å². The van der Waals surface area contributed by atoms with Crippen molar-refractivity contribution >= 4 is 51.8 Å². The zero-order valence-electron chi connectivity index (χ0n) is 23.0. The number of rotatable bonds is 8. The molecule has 1 aromatic carbocycles. The minimum atomic E-state index is -0.758. The number of methoxy groups -OCH3 is 2. The monoisotopic (exact) mass is 602 g/mol. The Morgan fingerprint density at radius 2 is 1.80 bits per heavy atom. The first-order valence-electron chi connectivity index (χ1n) is 13.2. The number of hydrogen-bond acceptors (Lipinski definition) is 10. The molecule has 2 aliphatic rings. The number of anilines is 2.